The maximum atomic E-state index is 5.86. The predicted molar refractivity (Wildman–Crippen MR) is 70.7 cm³/mol. The number of halogens is 1. The molecule has 0 aliphatic heterocycles. The van der Waals surface area contributed by atoms with E-state index in [1.165, 1.54) is 25.7 Å². The van der Waals surface area contributed by atoms with E-state index in [9.17, 15) is 0 Å². The van der Waals surface area contributed by atoms with Gasteiger partial charge in [0.05, 0.1) is 0 Å². The van der Waals surface area contributed by atoms with Gasteiger partial charge in [-0.3, -0.25) is 0 Å². The van der Waals surface area contributed by atoms with Crippen molar-refractivity contribution in [3.05, 3.63) is 9.78 Å². The molecule has 0 spiro atoms. The van der Waals surface area contributed by atoms with Crippen molar-refractivity contribution >= 4 is 30.9 Å². The number of hydrogen-bond acceptors (Lipinski definition) is 1. The van der Waals surface area contributed by atoms with Crippen LogP contribution in [0.2, 0.25) is 13.1 Å². The smallest absolute Gasteiger partial charge is 0.211 e. The fraction of sp³-hybridized carbons (Fsp3) is 0.800. The minimum absolute atomic E-state index is 0.945. The van der Waals surface area contributed by atoms with Crippen molar-refractivity contribution in [1.29, 1.82) is 0 Å². The van der Waals surface area contributed by atoms with Crippen molar-refractivity contribution < 1.29 is 4.43 Å². The summed E-state index contributed by atoms with van der Waals surface area (Å²) in [6.07, 6.45) is 5.18. The van der Waals surface area contributed by atoms with Crippen LogP contribution < -0.4 is 0 Å². The third-order valence-corrected chi connectivity index (χ3v) is 4.89. The molecular formula is C10H21IOSi. The van der Waals surface area contributed by atoms with Crippen molar-refractivity contribution in [2.24, 2.45) is 0 Å². The third-order valence-electron chi connectivity index (χ3n) is 1.94. The molecule has 0 aromatic rings. The minimum Gasteiger partial charge on any atom is -0.413 e. The summed E-state index contributed by atoms with van der Waals surface area (Å²) in [6, 6.07) is 0. The lowest BCUT2D eigenvalue weighted by Crippen LogP contribution is -2.28. The lowest BCUT2D eigenvalue weighted by molar-refractivity contribution is 0.302. The zero-order valence-electron chi connectivity index (χ0n) is 8.98. The monoisotopic (exact) mass is 312 g/mol. The van der Waals surface area contributed by atoms with Crippen LogP contribution in [0.5, 0.6) is 0 Å². The first-order chi connectivity index (χ1) is 6.12. The molecule has 0 aliphatic carbocycles. The molecule has 0 fully saturated rings. The second-order valence-electron chi connectivity index (χ2n) is 3.81. The number of unbranched alkanes of at least 4 members (excludes halogenated alkanes) is 3. The number of hydrogen-bond donors (Lipinski definition) is 0. The predicted octanol–water partition coefficient (Wildman–Crippen LogP) is 4.28. The zero-order valence-corrected chi connectivity index (χ0v) is 12.1. The Morgan fingerprint density at radius 2 is 1.92 bits per heavy atom. The molecule has 0 aromatic carbocycles. The van der Waals surface area contributed by atoms with E-state index < -0.39 is 8.32 Å². The highest BCUT2D eigenvalue weighted by atomic mass is 127. The molecule has 0 aromatic heterocycles. The Kier molecular flexibility index (Phi) is 8.39. The average Bonchev–Trinajstić information content (AvgIpc) is 2.04. The van der Waals surface area contributed by atoms with Gasteiger partial charge in [0, 0.05) is 6.61 Å². The van der Waals surface area contributed by atoms with Gasteiger partial charge in [-0.15, -0.1) is 0 Å². The Hall–Kier alpha value is 0.647. The molecular weight excluding hydrogens is 291 g/mol. The van der Waals surface area contributed by atoms with E-state index in [0.29, 0.717) is 0 Å². The van der Waals surface area contributed by atoms with E-state index in [0.717, 1.165) is 6.61 Å². The van der Waals surface area contributed by atoms with E-state index in [-0.39, 0.29) is 0 Å². The fourth-order valence-electron chi connectivity index (χ4n) is 1.06. The normalized spacial score (nSPS) is 12.6. The van der Waals surface area contributed by atoms with Crippen LogP contribution in [0.4, 0.5) is 0 Å². The summed E-state index contributed by atoms with van der Waals surface area (Å²) < 4.78 is 7.94. The molecule has 3 heteroatoms. The topological polar surface area (TPSA) is 9.23 Å². The van der Waals surface area contributed by atoms with E-state index in [4.69, 9.17) is 4.43 Å². The van der Waals surface area contributed by atoms with Gasteiger partial charge < -0.3 is 4.43 Å². The van der Waals surface area contributed by atoms with Gasteiger partial charge in [0.1, 0.15) is 0 Å². The highest BCUT2D eigenvalue weighted by Gasteiger charge is 2.17. The summed E-state index contributed by atoms with van der Waals surface area (Å²) in [6.45, 7) is 7.66. The van der Waals surface area contributed by atoms with Crippen LogP contribution in [0.15, 0.2) is 9.78 Å². The van der Waals surface area contributed by atoms with Gasteiger partial charge in [-0.25, -0.2) is 0 Å². The number of rotatable bonds is 7. The van der Waals surface area contributed by atoms with Gasteiger partial charge >= 0.3 is 0 Å². The summed E-state index contributed by atoms with van der Waals surface area (Å²) in [5.41, 5.74) is 2.23. The SMILES string of the molecule is CCCCCCO[Si](C)(C)/C=C/I. The van der Waals surface area contributed by atoms with Gasteiger partial charge in [0.2, 0.25) is 8.32 Å². The average molecular weight is 312 g/mol. The summed E-state index contributed by atoms with van der Waals surface area (Å²) in [5, 5.41) is 0. The summed E-state index contributed by atoms with van der Waals surface area (Å²) in [4.78, 5) is 0. The van der Waals surface area contributed by atoms with Crippen LogP contribution in [0, 0.1) is 0 Å². The van der Waals surface area contributed by atoms with Crippen LogP contribution in [0.25, 0.3) is 0 Å². The largest absolute Gasteiger partial charge is 0.413 e. The molecule has 0 amide bonds. The Morgan fingerprint density at radius 1 is 1.23 bits per heavy atom. The van der Waals surface area contributed by atoms with Gasteiger partial charge in [0.15, 0.2) is 0 Å². The molecule has 0 bridgehead atoms. The fourth-order valence-corrected chi connectivity index (χ4v) is 4.73. The zero-order chi connectivity index (χ0) is 10.2. The molecule has 0 saturated heterocycles. The van der Waals surface area contributed by atoms with Gasteiger partial charge in [-0.1, -0.05) is 54.5 Å². The minimum atomic E-state index is -1.45. The van der Waals surface area contributed by atoms with Gasteiger partial charge in [-0.05, 0) is 23.6 Å². The highest BCUT2D eigenvalue weighted by molar-refractivity contribution is 14.1. The maximum Gasteiger partial charge on any atom is 0.211 e. The molecule has 0 N–H and O–H groups in total. The van der Waals surface area contributed by atoms with Crippen LogP contribution >= 0.6 is 22.6 Å². The first-order valence-electron chi connectivity index (χ1n) is 5.04. The Bertz CT molecular complexity index is 146. The Balaban J connectivity index is 3.40. The summed E-state index contributed by atoms with van der Waals surface area (Å²) >= 11 is 2.26. The molecule has 1 nitrogen and oxygen atoms in total. The Morgan fingerprint density at radius 3 is 2.46 bits per heavy atom. The highest BCUT2D eigenvalue weighted by Crippen LogP contribution is 2.09. The summed E-state index contributed by atoms with van der Waals surface area (Å²) in [5.74, 6) is 0. The molecule has 0 aliphatic rings. The first-order valence-corrected chi connectivity index (χ1v) is 9.27. The molecule has 0 unspecified atom stereocenters. The molecule has 0 rings (SSSR count). The second kappa shape index (κ2) is 8.00. The molecule has 78 valence electrons. The molecule has 0 radical (unpaired) electrons. The van der Waals surface area contributed by atoms with Crippen LogP contribution in [0.1, 0.15) is 32.6 Å². The lowest BCUT2D eigenvalue weighted by atomic mass is 10.2. The first kappa shape index (κ1) is 13.6. The summed E-state index contributed by atoms with van der Waals surface area (Å²) in [7, 11) is -1.45. The standard InChI is InChI=1S/C10H21IOSi/c1-4-5-6-7-9-12-13(2,3)10-8-11/h8,10H,4-7,9H2,1-3H3/b10-8+. The lowest BCUT2D eigenvalue weighted by Gasteiger charge is -2.18. The van der Waals surface area contributed by atoms with E-state index in [1.807, 2.05) is 0 Å². The van der Waals surface area contributed by atoms with Gasteiger partial charge in [0.25, 0.3) is 0 Å². The Labute approximate surface area is 97.2 Å². The van der Waals surface area contributed by atoms with Crippen molar-refractivity contribution in [2.45, 2.75) is 45.7 Å². The van der Waals surface area contributed by atoms with Crippen molar-refractivity contribution in [1.82, 2.24) is 0 Å². The maximum absolute atomic E-state index is 5.86. The molecule has 0 atom stereocenters. The van der Waals surface area contributed by atoms with Crippen molar-refractivity contribution in [2.75, 3.05) is 6.61 Å². The molecule has 0 saturated carbocycles. The van der Waals surface area contributed by atoms with Crippen LogP contribution in [0.3, 0.4) is 0 Å². The van der Waals surface area contributed by atoms with Crippen molar-refractivity contribution in [3.8, 4) is 0 Å². The third kappa shape index (κ3) is 8.96. The quantitative estimate of drug-likeness (QED) is 0.387. The second-order valence-corrected chi connectivity index (χ2v) is 8.35. The van der Waals surface area contributed by atoms with Crippen LogP contribution in [-0.4, -0.2) is 14.9 Å². The van der Waals surface area contributed by atoms with Gasteiger partial charge in [-0.2, -0.15) is 0 Å². The van der Waals surface area contributed by atoms with Crippen molar-refractivity contribution in [3.63, 3.8) is 0 Å². The van der Waals surface area contributed by atoms with Crippen LogP contribution in [-0.2, 0) is 4.43 Å². The van der Waals surface area contributed by atoms with E-state index >= 15 is 0 Å². The molecule has 13 heavy (non-hydrogen) atoms. The molecule has 0 heterocycles. The van der Waals surface area contributed by atoms with E-state index in [1.54, 1.807) is 0 Å². The van der Waals surface area contributed by atoms with E-state index in [2.05, 4.69) is 52.4 Å².